The van der Waals surface area contributed by atoms with E-state index in [1.54, 1.807) is 0 Å². The molecule has 1 heterocycles. The molecular weight excluding hydrogens is 300 g/mol. The van der Waals surface area contributed by atoms with Crippen LogP contribution in [0.2, 0.25) is 0 Å². The number of carbonyl (C=O) groups is 1. The van der Waals surface area contributed by atoms with E-state index in [1.807, 2.05) is 42.5 Å². The highest BCUT2D eigenvalue weighted by Crippen LogP contribution is 2.28. The quantitative estimate of drug-likeness (QED) is 0.652. The van der Waals surface area contributed by atoms with Gasteiger partial charge in [-0.15, -0.1) is 5.10 Å². The number of nitrogens with zero attached hydrogens (tertiary/aromatic N) is 2. The molecule has 0 aliphatic rings. The summed E-state index contributed by atoms with van der Waals surface area (Å²) < 4.78 is 0. The van der Waals surface area contributed by atoms with Gasteiger partial charge in [0.1, 0.15) is 5.69 Å². The van der Waals surface area contributed by atoms with Gasteiger partial charge in [-0.2, -0.15) is 5.10 Å². The summed E-state index contributed by atoms with van der Waals surface area (Å²) in [5, 5.41) is 19.8. The van der Waals surface area contributed by atoms with Crippen LogP contribution in [0.15, 0.2) is 54.6 Å². The first-order chi connectivity index (χ1) is 11.8. The van der Waals surface area contributed by atoms with E-state index >= 15 is 0 Å². The Hall–Kier alpha value is -2.75. The van der Waals surface area contributed by atoms with Gasteiger partial charge in [0.15, 0.2) is 0 Å². The average Bonchev–Trinajstić information content (AvgIpc) is 2.62. The zero-order valence-electron chi connectivity index (χ0n) is 13.5. The van der Waals surface area contributed by atoms with Gasteiger partial charge in [0.2, 0.25) is 0 Å². The summed E-state index contributed by atoms with van der Waals surface area (Å²) in [5.41, 5.74) is 2.95. The minimum Gasteiger partial charge on any atom is -0.481 e. The third-order valence-electron chi connectivity index (χ3n) is 4.12. The topological polar surface area (TPSA) is 63.1 Å². The van der Waals surface area contributed by atoms with Crippen molar-refractivity contribution in [2.24, 2.45) is 0 Å². The van der Waals surface area contributed by atoms with Gasteiger partial charge in [0, 0.05) is 22.8 Å². The molecule has 2 aromatic carbocycles. The van der Waals surface area contributed by atoms with Gasteiger partial charge in [0.25, 0.3) is 0 Å². The number of aliphatic carboxylic acids is 1. The minimum atomic E-state index is -0.729. The number of carboxylic acid groups (broad SMARTS) is 1. The van der Waals surface area contributed by atoms with Gasteiger partial charge in [-0.05, 0) is 19.3 Å². The van der Waals surface area contributed by atoms with Crippen molar-refractivity contribution in [1.82, 2.24) is 10.2 Å². The Morgan fingerprint density at radius 1 is 0.833 bits per heavy atom. The Bertz CT molecular complexity index is 831. The summed E-state index contributed by atoms with van der Waals surface area (Å²) >= 11 is 0. The predicted molar refractivity (Wildman–Crippen MR) is 94.8 cm³/mol. The van der Waals surface area contributed by atoms with Crippen molar-refractivity contribution in [2.45, 2.75) is 32.1 Å². The maximum absolute atomic E-state index is 10.6. The third-order valence-corrected chi connectivity index (χ3v) is 4.12. The predicted octanol–water partition coefficient (Wildman–Crippen LogP) is 4.48. The summed E-state index contributed by atoms with van der Waals surface area (Å²) in [4.78, 5) is 10.6. The van der Waals surface area contributed by atoms with Crippen LogP contribution in [0, 0.1) is 0 Å². The van der Waals surface area contributed by atoms with Gasteiger partial charge < -0.3 is 5.11 Å². The number of aromatic nitrogens is 2. The molecule has 3 rings (SSSR count). The van der Waals surface area contributed by atoms with Crippen LogP contribution in [-0.4, -0.2) is 21.3 Å². The highest BCUT2D eigenvalue weighted by Gasteiger charge is 2.10. The Balaban J connectivity index is 1.82. The average molecular weight is 320 g/mol. The molecule has 1 N–H and O–H groups in total. The number of hydrogen-bond acceptors (Lipinski definition) is 3. The molecular formula is C20H20N2O2. The zero-order chi connectivity index (χ0) is 16.8. The van der Waals surface area contributed by atoms with Gasteiger partial charge in [-0.3, -0.25) is 4.79 Å². The maximum atomic E-state index is 10.6. The fourth-order valence-electron chi connectivity index (χ4n) is 2.90. The Morgan fingerprint density at radius 3 is 2.29 bits per heavy atom. The molecule has 4 heteroatoms. The Kier molecular flexibility index (Phi) is 5.16. The van der Waals surface area contributed by atoms with Crippen LogP contribution in [0.3, 0.4) is 0 Å². The molecule has 0 atom stereocenters. The van der Waals surface area contributed by atoms with Crippen LogP contribution in [0.5, 0.6) is 0 Å². The number of hydrogen-bond donors (Lipinski definition) is 1. The summed E-state index contributed by atoms with van der Waals surface area (Å²) in [6.45, 7) is 0. The minimum absolute atomic E-state index is 0.235. The summed E-state index contributed by atoms with van der Waals surface area (Å²) in [6, 6.07) is 18.3. The van der Waals surface area contributed by atoms with Gasteiger partial charge in [-0.25, -0.2) is 0 Å². The smallest absolute Gasteiger partial charge is 0.303 e. The van der Waals surface area contributed by atoms with Crippen LogP contribution in [0.1, 0.15) is 31.4 Å². The van der Waals surface area contributed by atoms with E-state index in [9.17, 15) is 4.79 Å². The number of rotatable bonds is 7. The molecule has 24 heavy (non-hydrogen) atoms. The van der Waals surface area contributed by atoms with E-state index < -0.39 is 5.97 Å². The van der Waals surface area contributed by atoms with Crippen molar-refractivity contribution < 1.29 is 9.90 Å². The molecule has 0 amide bonds. The van der Waals surface area contributed by atoms with E-state index in [0.29, 0.717) is 6.42 Å². The molecule has 3 aromatic rings. The third kappa shape index (κ3) is 3.77. The first-order valence-corrected chi connectivity index (χ1v) is 8.27. The highest BCUT2D eigenvalue weighted by molar-refractivity contribution is 5.95. The number of aryl methyl sites for hydroxylation is 1. The fraction of sp³-hybridized carbons (Fsp3) is 0.250. The second-order valence-electron chi connectivity index (χ2n) is 5.86. The van der Waals surface area contributed by atoms with Crippen molar-refractivity contribution in [3.8, 4) is 11.3 Å². The van der Waals surface area contributed by atoms with E-state index in [0.717, 1.165) is 47.0 Å². The number of benzene rings is 2. The first kappa shape index (κ1) is 16.1. The molecule has 0 fully saturated rings. The van der Waals surface area contributed by atoms with Crippen molar-refractivity contribution in [2.75, 3.05) is 0 Å². The molecule has 0 unspecified atom stereocenters. The Morgan fingerprint density at radius 2 is 1.54 bits per heavy atom. The maximum Gasteiger partial charge on any atom is 0.303 e. The van der Waals surface area contributed by atoms with Crippen LogP contribution < -0.4 is 0 Å². The molecule has 0 spiro atoms. The van der Waals surface area contributed by atoms with Crippen molar-refractivity contribution in [3.05, 3.63) is 60.3 Å². The largest absolute Gasteiger partial charge is 0.481 e. The van der Waals surface area contributed by atoms with Gasteiger partial charge in [0.05, 0.1) is 5.69 Å². The van der Waals surface area contributed by atoms with Gasteiger partial charge in [-0.1, -0.05) is 61.0 Å². The SMILES string of the molecule is O=C(O)CCCCCc1nnc(-c2ccccc2)c2ccccc12. The van der Waals surface area contributed by atoms with Crippen molar-refractivity contribution in [1.29, 1.82) is 0 Å². The van der Waals surface area contributed by atoms with E-state index in [4.69, 9.17) is 5.11 Å². The van der Waals surface area contributed by atoms with E-state index in [1.165, 1.54) is 0 Å². The zero-order valence-corrected chi connectivity index (χ0v) is 13.5. The molecule has 0 aliphatic carbocycles. The molecule has 0 saturated carbocycles. The molecule has 0 bridgehead atoms. The number of unbranched alkanes of at least 4 members (excludes halogenated alkanes) is 2. The lowest BCUT2D eigenvalue weighted by atomic mass is 10.0. The summed E-state index contributed by atoms with van der Waals surface area (Å²) in [5.74, 6) is -0.729. The molecule has 0 saturated heterocycles. The molecule has 122 valence electrons. The number of carboxylic acids is 1. The van der Waals surface area contributed by atoms with Crippen LogP contribution in [-0.2, 0) is 11.2 Å². The monoisotopic (exact) mass is 320 g/mol. The van der Waals surface area contributed by atoms with E-state index in [-0.39, 0.29) is 6.42 Å². The second-order valence-corrected chi connectivity index (χ2v) is 5.86. The summed E-state index contributed by atoms with van der Waals surface area (Å²) in [7, 11) is 0. The first-order valence-electron chi connectivity index (χ1n) is 8.27. The molecule has 0 radical (unpaired) electrons. The van der Waals surface area contributed by atoms with E-state index in [2.05, 4.69) is 22.3 Å². The lowest BCUT2D eigenvalue weighted by Gasteiger charge is -2.09. The Labute approximate surface area is 141 Å². The second kappa shape index (κ2) is 7.68. The highest BCUT2D eigenvalue weighted by atomic mass is 16.4. The van der Waals surface area contributed by atoms with Crippen LogP contribution in [0.25, 0.3) is 22.0 Å². The molecule has 0 aliphatic heterocycles. The fourth-order valence-corrected chi connectivity index (χ4v) is 2.90. The standard InChI is InChI=1S/C20H20N2O2/c23-19(24)14-6-2-5-13-18-16-11-7-8-12-17(16)20(22-21-18)15-9-3-1-4-10-15/h1,3-4,7-12H,2,5-6,13-14H2,(H,23,24). The lowest BCUT2D eigenvalue weighted by molar-refractivity contribution is -0.137. The van der Waals surface area contributed by atoms with Gasteiger partial charge >= 0.3 is 5.97 Å². The summed E-state index contributed by atoms with van der Waals surface area (Å²) in [6.07, 6.45) is 3.59. The lowest BCUT2D eigenvalue weighted by Crippen LogP contribution is -1.99. The molecule has 1 aromatic heterocycles. The van der Waals surface area contributed by atoms with Crippen molar-refractivity contribution in [3.63, 3.8) is 0 Å². The van der Waals surface area contributed by atoms with Crippen molar-refractivity contribution >= 4 is 16.7 Å². The normalized spacial score (nSPS) is 10.8. The van der Waals surface area contributed by atoms with Crippen LogP contribution >= 0.6 is 0 Å². The van der Waals surface area contributed by atoms with Crippen LogP contribution in [0.4, 0.5) is 0 Å². The molecule has 4 nitrogen and oxygen atoms in total. The number of fused-ring (bicyclic) bond motifs is 1.